The summed E-state index contributed by atoms with van der Waals surface area (Å²) >= 11 is 0. The summed E-state index contributed by atoms with van der Waals surface area (Å²) < 4.78 is 7.84. The third-order valence-corrected chi connectivity index (χ3v) is 7.33. The predicted molar refractivity (Wildman–Crippen MR) is 139 cm³/mol. The summed E-state index contributed by atoms with van der Waals surface area (Å²) in [4.78, 5) is 15.0. The van der Waals surface area contributed by atoms with Crippen molar-refractivity contribution in [2.75, 3.05) is 57.4 Å². The van der Waals surface area contributed by atoms with E-state index in [1.165, 1.54) is 11.1 Å². The van der Waals surface area contributed by atoms with Gasteiger partial charge >= 0.3 is 0 Å². The number of hydrogen-bond acceptors (Lipinski definition) is 7. The molecule has 0 spiro atoms. The summed E-state index contributed by atoms with van der Waals surface area (Å²) in [5.41, 5.74) is 6.11. The van der Waals surface area contributed by atoms with Crippen molar-refractivity contribution in [1.29, 1.82) is 0 Å². The van der Waals surface area contributed by atoms with E-state index in [4.69, 9.17) is 9.72 Å². The first-order chi connectivity index (χ1) is 17.0. The molecule has 0 aliphatic carbocycles. The molecule has 2 saturated heterocycles. The number of aromatic hydroxyl groups is 1. The largest absolute Gasteiger partial charge is 0.506 e. The molecular weight excluding hydrogens is 440 g/mol. The van der Waals surface area contributed by atoms with Crippen molar-refractivity contribution in [3.05, 3.63) is 46.8 Å². The van der Waals surface area contributed by atoms with Gasteiger partial charge in [0.15, 0.2) is 0 Å². The monoisotopic (exact) mass is 478 g/mol. The Morgan fingerprint density at radius 3 is 2.63 bits per heavy atom. The SMILES string of the molecule is Cc1cc(C)c2nc(N(CCN3CCOCC3)C3CCNCC3)n(Cc3nc(C)ccc3O)c2c1. The molecule has 35 heavy (non-hydrogen) atoms. The third-order valence-electron chi connectivity index (χ3n) is 7.33. The van der Waals surface area contributed by atoms with Gasteiger partial charge in [-0.3, -0.25) is 9.88 Å². The van der Waals surface area contributed by atoms with Crippen molar-refractivity contribution >= 4 is 17.0 Å². The van der Waals surface area contributed by atoms with Crippen LogP contribution in [0.5, 0.6) is 5.75 Å². The average Bonchev–Trinajstić information content (AvgIpc) is 3.21. The molecule has 0 radical (unpaired) electrons. The lowest BCUT2D eigenvalue weighted by Crippen LogP contribution is -2.48. The Morgan fingerprint density at radius 1 is 1.09 bits per heavy atom. The number of ether oxygens (including phenoxy) is 1. The van der Waals surface area contributed by atoms with Gasteiger partial charge in [-0.05, 0) is 76.0 Å². The zero-order chi connectivity index (χ0) is 24.4. The first-order valence-corrected chi connectivity index (χ1v) is 12.9. The number of nitrogens with one attached hydrogen (secondary N) is 1. The maximum Gasteiger partial charge on any atom is 0.207 e. The van der Waals surface area contributed by atoms with Crippen LogP contribution in [0.4, 0.5) is 5.95 Å². The number of aryl methyl sites for hydroxylation is 3. The van der Waals surface area contributed by atoms with E-state index in [9.17, 15) is 5.11 Å². The average molecular weight is 479 g/mol. The molecule has 3 aromatic rings. The van der Waals surface area contributed by atoms with Crippen molar-refractivity contribution in [3.63, 3.8) is 0 Å². The number of piperidine rings is 1. The van der Waals surface area contributed by atoms with E-state index < -0.39 is 0 Å². The maximum atomic E-state index is 10.6. The van der Waals surface area contributed by atoms with E-state index in [0.29, 0.717) is 18.3 Å². The van der Waals surface area contributed by atoms with Crippen molar-refractivity contribution < 1.29 is 9.84 Å². The van der Waals surface area contributed by atoms with Gasteiger partial charge in [0.2, 0.25) is 5.95 Å². The number of anilines is 1. The molecule has 2 aliphatic heterocycles. The highest BCUT2D eigenvalue weighted by molar-refractivity contribution is 5.83. The summed E-state index contributed by atoms with van der Waals surface area (Å²) in [7, 11) is 0. The molecule has 2 aromatic heterocycles. The molecule has 4 heterocycles. The van der Waals surface area contributed by atoms with Crippen molar-refractivity contribution in [1.82, 2.24) is 24.8 Å². The fraction of sp³-hybridized carbons (Fsp3) is 0.556. The number of hydrogen-bond donors (Lipinski definition) is 2. The number of pyridine rings is 1. The first kappa shape index (κ1) is 24.0. The molecular formula is C27H38N6O2. The fourth-order valence-electron chi connectivity index (χ4n) is 5.44. The summed E-state index contributed by atoms with van der Waals surface area (Å²) in [5.74, 6) is 1.21. The third kappa shape index (κ3) is 5.29. The van der Waals surface area contributed by atoms with Crippen molar-refractivity contribution in [2.24, 2.45) is 0 Å². The number of imidazole rings is 1. The van der Waals surface area contributed by atoms with Gasteiger partial charge in [0.05, 0.1) is 30.8 Å². The lowest BCUT2D eigenvalue weighted by molar-refractivity contribution is 0.0388. The van der Waals surface area contributed by atoms with Gasteiger partial charge in [0.1, 0.15) is 11.4 Å². The molecule has 0 saturated carbocycles. The Hall–Kier alpha value is -2.68. The Balaban J connectivity index is 1.58. The number of morpholine rings is 1. The molecule has 2 N–H and O–H groups in total. The minimum absolute atomic E-state index is 0.231. The number of aromatic nitrogens is 3. The Bertz CT molecular complexity index is 1160. The zero-order valence-electron chi connectivity index (χ0n) is 21.3. The molecule has 0 unspecified atom stereocenters. The molecule has 8 nitrogen and oxygen atoms in total. The van der Waals surface area contributed by atoms with E-state index in [0.717, 1.165) is 88.0 Å². The smallest absolute Gasteiger partial charge is 0.207 e. The van der Waals surface area contributed by atoms with Gasteiger partial charge in [-0.2, -0.15) is 0 Å². The second kappa shape index (κ2) is 10.5. The summed E-state index contributed by atoms with van der Waals surface area (Å²) in [5, 5.41) is 14.1. The zero-order valence-corrected chi connectivity index (χ0v) is 21.3. The Labute approximate surface area is 207 Å². The van der Waals surface area contributed by atoms with E-state index >= 15 is 0 Å². The van der Waals surface area contributed by atoms with Crippen LogP contribution in [0.3, 0.4) is 0 Å². The second-order valence-electron chi connectivity index (χ2n) is 9.99. The van der Waals surface area contributed by atoms with Gasteiger partial charge in [0.25, 0.3) is 0 Å². The van der Waals surface area contributed by atoms with Crippen LogP contribution in [-0.2, 0) is 11.3 Å². The Kier molecular flexibility index (Phi) is 7.22. The fourth-order valence-corrected chi connectivity index (χ4v) is 5.44. The van der Waals surface area contributed by atoms with Crippen LogP contribution in [0, 0.1) is 20.8 Å². The molecule has 8 heteroatoms. The van der Waals surface area contributed by atoms with Gasteiger partial charge in [-0.1, -0.05) is 6.07 Å². The number of nitrogens with zero attached hydrogens (tertiary/aromatic N) is 5. The van der Waals surface area contributed by atoms with Gasteiger partial charge in [-0.15, -0.1) is 0 Å². The second-order valence-corrected chi connectivity index (χ2v) is 9.99. The molecule has 0 atom stereocenters. The van der Waals surface area contributed by atoms with Gasteiger partial charge in [0, 0.05) is 37.9 Å². The lowest BCUT2D eigenvalue weighted by Gasteiger charge is -2.37. The molecule has 0 amide bonds. The molecule has 188 valence electrons. The van der Waals surface area contributed by atoms with E-state index in [-0.39, 0.29) is 5.75 Å². The van der Waals surface area contributed by atoms with Gasteiger partial charge < -0.3 is 24.6 Å². The topological polar surface area (TPSA) is 78.7 Å². The highest BCUT2D eigenvalue weighted by Crippen LogP contribution is 2.31. The quantitative estimate of drug-likeness (QED) is 0.540. The molecule has 2 aliphatic rings. The molecule has 2 fully saturated rings. The van der Waals surface area contributed by atoms with Crippen LogP contribution in [0.25, 0.3) is 11.0 Å². The summed E-state index contributed by atoms with van der Waals surface area (Å²) in [6, 6.07) is 8.44. The van der Waals surface area contributed by atoms with Crippen LogP contribution in [0.15, 0.2) is 24.3 Å². The maximum absolute atomic E-state index is 10.6. The van der Waals surface area contributed by atoms with Crippen molar-refractivity contribution in [2.45, 2.75) is 46.2 Å². The molecule has 1 aromatic carbocycles. The summed E-state index contributed by atoms with van der Waals surface area (Å²) in [6.45, 7) is 14.3. The van der Waals surface area contributed by atoms with Gasteiger partial charge in [-0.25, -0.2) is 4.98 Å². The lowest BCUT2D eigenvalue weighted by atomic mass is 10.1. The minimum Gasteiger partial charge on any atom is -0.506 e. The van der Waals surface area contributed by atoms with Crippen LogP contribution >= 0.6 is 0 Å². The standard InChI is InChI=1S/C27H38N6O2/c1-19-16-20(2)26-24(17-19)33(18-23-25(34)5-4-21(3)29-23)27(30-26)32(22-6-8-28-9-7-22)11-10-31-12-14-35-15-13-31/h4-5,16-17,22,28,34H,6-15,18H2,1-3H3. The van der Waals surface area contributed by atoms with E-state index in [1.807, 2.05) is 13.0 Å². The van der Waals surface area contributed by atoms with E-state index in [1.54, 1.807) is 6.07 Å². The van der Waals surface area contributed by atoms with Crippen LogP contribution in [0.2, 0.25) is 0 Å². The highest BCUT2D eigenvalue weighted by Gasteiger charge is 2.28. The first-order valence-electron chi connectivity index (χ1n) is 12.9. The normalized spacial score (nSPS) is 17.8. The van der Waals surface area contributed by atoms with Crippen LogP contribution in [0.1, 0.15) is 35.4 Å². The highest BCUT2D eigenvalue weighted by atomic mass is 16.5. The van der Waals surface area contributed by atoms with Crippen LogP contribution in [-0.4, -0.2) is 83.1 Å². The number of fused-ring (bicyclic) bond motifs is 1. The molecule has 0 bridgehead atoms. The van der Waals surface area contributed by atoms with E-state index in [2.05, 4.69) is 50.6 Å². The summed E-state index contributed by atoms with van der Waals surface area (Å²) in [6.07, 6.45) is 2.19. The van der Waals surface area contributed by atoms with Crippen LogP contribution < -0.4 is 10.2 Å². The predicted octanol–water partition coefficient (Wildman–Crippen LogP) is 3.00. The Morgan fingerprint density at radius 2 is 1.86 bits per heavy atom. The number of rotatable bonds is 7. The minimum atomic E-state index is 0.231. The molecule has 5 rings (SSSR count). The number of benzene rings is 1. The van der Waals surface area contributed by atoms with Crippen molar-refractivity contribution in [3.8, 4) is 5.75 Å².